The van der Waals surface area contributed by atoms with Gasteiger partial charge >= 0.3 is 0 Å². The van der Waals surface area contributed by atoms with Gasteiger partial charge in [0.05, 0.1) is 22.9 Å². The number of rotatable bonds is 5. The predicted octanol–water partition coefficient (Wildman–Crippen LogP) is 4.62. The molecule has 2 aromatic heterocycles. The Morgan fingerprint density at radius 2 is 1.86 bits per heavy atom. The first-order valence-corrected chi connectivity index (χ1v) is 8.74. The number of imidazole rings is 1. The molecule has 4 rings (SSSR count). The molecule has 28 heavy (non-hydrogen) atoms. The molecule has 0 amide bonds. The summed E-state index contributed by atoms with van der Waals surface area (Å²) in [6.45, 7) is 2.06. The van der Waals surface area contributed by atoms with Gasteiger partial charge in [-0.1, -0.05) is 22.9 Å². The average Bonchev–Trinajstić information content (AvgIpc) is 2.99. The van der Waals surface area contributed by atoms with Crippen molar-refractivity contribution >= 4 is 28.9 Å². The third-order valence-electron chi connectivity index (χ3n) is 4.34. The highest BCUT2D eigenvalue weighted by molar-refractivity contribution is 5.81. The van der Waals surface area contributed by atoms with Crippen LogP contribution in [0.15, 0.2) is 65.9 Å². The fourth-order valence-corrected chi connectivity index (χ4v) is 2.88. The second-order valence-electron chi connectivity index (χ2n) is 6.40. The van der Waals surface area contributed by atoms with Gasteiger partial charge in [0.1, 0.15) is 11.5 Å². The summed E-state index contributed by atoms with van der Waals surface area (Å²) in [5.41, 5.74) is 4.51. The van der Waals surface area contributed by atoms with Crippen molar-refractivity contribution in [1.29, 1.82) is 0 Å². The first-order chi connectivity index (χ1) is 13.6. The lowest BCUT2D eigenvalue weighted by molar-refractivity contribution is 0.321. The summed E-state index contributed by atoms with van der Waals surface area (Å²) in [5.74, 6) is 2.00. The van der Waals surface area contributed by atoms with Crippen LogP contribution in [0, 0.1) is 6.92 Å². The molecular formula is C21H19N5O2. The molecule has 0 fully saturated rings. The number of anilines is 2. The predicted molar refractivity (Wildman–Crippen MR) is 109 cm³/mol. The zero-order valence-electron chi connectivity index (χ0n) is 15.5. The molecule has 140 valence electrons. The van der Waals surface area contributed by atoms with Gasteiger partial charge in [-0.05, 0) is 37.3 Å². The molecule has 7 heteroatoms. The van der Waals surface area contributed by atoms with Crippen molar-refractivity contribution in [3.05, 3.63) is 72.1 Å². The Labute approximate surface area is 161 Å². The number of nitrogens with zero attached hydrogens (tertiary/aromatic N) is 4. The second kappa shape index (κ2) is 7.40. The van der Waals surface area contributed by atoms with Crippen molar-refractivity contribution in [2.75, 3.05) is 5.32 Å². The summed E-state index contributed by atoms with van der Waals surface area (Å²) in [7, 11) is 1.97. The molecule has 7 nitrogen and oxygen atoms in total. The standard InChI is InChI=1S/C21H19N5O2/c1-14-3-5-15(6-4-14)24-21-25-19-12-17(7-8-20(19)26(21)2)28-18-9-10-22-16(11-18)13-23-27/h3-13,27H,1-2H3,(H,24,25)/b23-13+. The topological polar surface area (TPSA) is 84.6 Å². The summed E-state index contributed by atoms with van der Waals surface area (Å²) in [4.78, 5) is 8.75. The van der Waals surface area contributed by atoms with Gasteiger partial charge in [0.25, 0.3) is 0 Å². The van der Waals surface area contributed by atoms with Gasteiger partial charge in [0.2, 0.25) is 5.95 Å². The van der Waals surface area contributed by atoms with Crippen LogP contribution in [-0.4, -0.2) is 26.0 Å². The van der Waals surface area contributed by atoms with Gasteiger partial charge in [0.15, 0.2) is 0 Å². The van der Waals surface area contributed by atoms with Gasteiger partial charge in [-0.25, -0.2) is 4.98 Å². The zero-order valence-corrected chi connectivity index (χ0v) is 15.5. The molecule has 0 aliphatic rings. The maximum Gasteiger partial charge on any atom is 0.208 e. The van der Waals surface area contributed by atoms with Crippen molar-refractivity contribution in [3.8, 4) is 11.5 Å². The molecule has 0 atom stereocenters. The van der Waals surface area contributed by atoms with E-state index in [1.807, 2.05) is 41.9 Å². The van der Waals surface area contributed by atoms with E-state index in [9.17, 15) is 0 Å². The van der Waals surface area contributed by atoms with E-state index in [-0.39, 0.29) is 0 Å². The number of nitrogens with one attached hydrogen (secondary N) is 1. The summed E-state index contributed by atoms with van der Waals surface area (Å²) < 4.78 is 7.90. The number of aromatic nitrogens is 3. The second-order valence-corrected chi connectivity index (χ2v) is 6.40. The van der Waals surface area contributed by atoms with Crippen molar-refractivity contribution < 1.29 is 9.94 Å². The Hall–Kier alpha value is -3.87. The molecular weight excluding hydrogens is 354 g/mol. The molecule has 0 saturated heterocycles. The Kier molecular flexibility index (Phi) is 4.63. The largest absolute Gasteiger partial charge is 0.457 e. The molecule has 0 aliphatic carbocycles. The minimum absolute atomic E-state index is 0.503. The van der Waals surface area contributed by atoms with E-state index in [1.54, 1.807) is 18.3 Å². The molecule has 0 radical (unpaired) electrons. The van der Waals surface area contributed by atoms with E-state index in [2.05, 4.69) is 39.5 Å². The van der Waals surface area contributed by atoms with Gasteiger partial charge in [-0.15, -0.1) is 0 Å². The van der Waals surface area contributed by atoms with Gasteiger partial charge < -0.3 is 19.8 Å². The van der Waals surface area contributed by atoms with Crippen LogP contribution in [0.5, 0.6) is 11.5 Å². The van der Waals surface area contributed by atoms with Crippen molar-refractivity contribution in [2.24, 2.45) is 12.2 Å². The number of benzene rings is 2. The summed E-state index contributed by atoms with van der Waals surface area (Å²) >= 11 is 0. The van der Waals surface area contributed by atoms with Crippen molar-refractivity contribution in [2.45, 2.75) is 6.92 Å². The normalized spacial score (nSPS) is 11.2. The number of oxime groups is 1. The van der Waals surface area contributed by atoms with E-state index < -0.39 is 0 Å². The number of hydrogen-bond acceptors (Lipinski definition) is 6. The van der Waals surface area contributed by atoms with E-state index in [0.29, 0.717) is 17.2 Å². The molecule has 0 saturated carbocycles. The zero-order chi connectivity index (χ0) is 19.5. The maximum absolute atomic E-state index is 8.64. The van der Waals surface area contributed by atoms with E-state index in [1.165, 1.54) is 11.8 Å². The van der Waals surface area contributed by atoms with Crippen molar-refractivity contribution in [1.82, 2.24) is 14.5 Å². The molecule has 0 spiro atoms. The number of aryl methyl sites for hydroxylation is 2. The Morgan fingerprint density at radius 3 is 2.64 bits per heavy atom. The van der Waals surface area contributed by atoms with Crippen LogP contribution in [0.2, 0.25) is 0 Å². The molecule has 0 aliphatic heterocycles. The van der Waals surface area contributed by atoms with E-state index in [0.717, 1.165) is 22.7 Å². The first-order valence-electron chi connectivity index (χ1n) is 8.74. The van der Waals surface area contributed by atoms with E-state index >= 15 is 0 Å². The van der Waals surface area contributed by atoms with Crippen LogP contribution >= 0.6 is 0 Å². The average molecular weight is 373 g/mol. The Morgan fingerprint density at radius 1 is 1.07 bits per heavy atom. The highest BCUT2D eigenvalue weighted by Gasteiger charge is 2.10. The molecule has 0 unspecified atom stereocenters. The quantitative estimate of drug-likeness (QED) is 0.303. The number of hydrogen-bond donors (Lipinski definition) is 2. The highest BCUT2D eigenvalue weighted by Crippen LogP contribution is 2.28. The summed E-state index contributed by atoms with van der Waals surface area (Å²) in [5, 5.41) is 15.0. The van der Waals surface area contributed by atoms with Crippen LogP contribution in [0.4, 0.5) is 11.6 Å². The summed E-state index contributed by atoms with van der Waals surface area (Å²) in [6, 6.07) is 17.3. The van der Waals surface area contributed by atoms with Crippen LogP contribution < -0.4 is 10.1 Å². The van der Waals surface area contributed by atoms with Crippen LogP contribution in [0.1, 0.15) is 11.3 Å². The number of fused-ring (bicyclic) bond motifs is 1. The number of pyridine rings is 1. The van der Waals surface area contributed by atoms with Crippen LogP contribution in [0.3, 0.4) is 0 Å². The van der Waals surface area contributed by atoms with E-state index in [4.69, 9.17) is 9.94 Å². The van der Waals surface area contributed by atoms with Gasteiger partial charge in [0, 0.05) is 31.1 Å². The lowest BCUT2D eigenvalue weighted by Crippen LogP contribution is -1.98. The first kappa shape index (κ1) is 17.5. The molecule has 2 N–H and O–H groups in total. The third-order valence-corrected chi connectivity index (χ3v) is 4.34. The molecule has 2 aromatic carbocycles. The lowest BCUT2D eigenvalue weighted by atomic mass is 10.2. The maximum atomic E-state index is 8.64. The lowest BCUT2D eigenvalue weighted by Gasteiger charge is -2.07. The fraction of sp³-hybridized carbons (Fsp3) is 0.0952. The molecule has 4 aromatic rings. The Bertz CT molecular complexity index is 1150. The van der Waals surface area contributed by atoms with Crippen molar-refractivity contribution in [3.63, 3.8) is 0 Å². The number of ether oxygens (including phenoxy) is 1. The van der Waals surface area contributed by atoms with Crippen LogP contribution in [-0.2, 0) is 7.05 Å². The SMILES string of the molecule is Cc1ccc(Nc2nc3cc(Oc4ccnc(/C=N/O)c4)ccc3n2C)cc1. The smallest absolute Gasteiger partial charge is 0.208 e. The highest BCUT2D eigenvalue weighted by atomic mass is 16.5. The molecule has 0 bridgehead atoms. The van der Waals surface area contributed by atoms with Crippen LogP contribution in [0.25, 0.3) is 11.0 Å². The fourth-order valence-electron chi connectivity index (χ4n) is 2.88. The monoisotopic (exact) mass is 373 g/mol. The van der Waals surface area contributed by atoms with Gasteiger partial charge in [-0.2, -0.15) is 0 Å². The third kappa shape index (κ3) is 3.64. The summed E-state index contributed by atoms with van der Waals surface area (Å²) in [6.07, 6.45) is 2.84. The minimum atomic E-state index is 0.503. The minimum Gasteiger partial charge on any atom is -0.457 e. The molecule has 2 heterocycles. The Balaban J connectivity index is 1.60. The van der Waals surface area contributed by atoms with Gasteiger partial charge in [-0.3, -0.25) is 4.98 Å².